The highest BCUT2D eigenvalue weighted by molar-refractivity contribution is 5.85. The molecule has 0 aliphatic carbocycles. The van der Waals surface area contributed by atoms with Crippen molar-refractivity contribution < 1.29 is 9.90 Å². The summed E-state index contributed by atoms with van der Waals surface area (Å²) in [6.07, 6.45) is 3.36. The SMILES string of the molecule is O=C(C[C@H]1NCCC[C@@H]1O)Cn1cnc2ccc(-c3ccccc3)cc21. The Balaban J connectivity index is 1.53. The lowest BCUT2D eigenvalue weighted by Gasteiger charge is -2.28. The van der Waals surface area contributed by atoms with Gasteiger partial charge in [0.25, 0.3) is 0 Å². The van der Waals surface area contributed by atoms with Crippen LogP contribution in [0.4, 0.5) is 0 Å². The predicted molar refractivity (Wildman–Crippen MR) is 102 cm³/mol. The van der Waals surface area contributed by atoms with Crippen LogP contribution in [0.25, 0.3) is 22.2 Å². The Kier molecular flexibility index (Phi) is 4.82. The first-order valence-corrected chi connectivity index (χ1v) is 9.14. The number of piperidine rings is 1. The summed E-state index contributed by atoms with van der Waals surface area (Å²) in [6, 6.07) is 16.2. The topological polar surface area (TPSA) is 67.2 Å². The highest BCUT2D eigenvalue weighted by atomic mass is 16.3. The number of imidazole rings is 1. The van der Waals surface area contributed by atoms with E-state index in [1.54, 1.807) is 6.33 Å². The van der Waals surface area contributed by atoms with Crippen LogP contribution in [0.3, 0.4) is 0 Å². The summed E-state index contributed by atoms with van der Waals surface area (Å²) in [7, 11) is 0. The van der Waals surface area contributed by atoms with Crippen LogP contribution >= 0.6 is 0 Å². The number of aliphatic hydroxyl groups is 1. The van der Waals surface area contributed by atoms with E-state index in [1.165, 1.54) is 0 Å². The Morgan fingerprint density at radius 1 is 1.19 bits per heavy atom. The highest BCUT2D eigenvalue weighted by Crippen LogP contribution is 2.24. The van der Waals surface area contributed by atoms with Crippen molar-refractivity contribution in [3.05, 3.63) is 54.9 Å². The van der Waals surface area contributed by atoms with Gasteiger partial charge >= 0.3 is 0 Å². The number of nitrogens with zero attached hydrogens (tertiary/aromatic N) is 2. The van der Waals surface area contributed by atoms with Crippen LogP contribution in [-0.4, -0.2) is 39.1 Å². The fourth-order valence-electron chi connectivity index (χ4n) is 3.64. The average molecular weight is 349 g/mol. The number of benzene rings is 2. The molecule has 2 aromatic carbocycles. The number of aromatic nitrogens is 2. The molecule has 0 radical (unpaired) electrons. The van der Waals surface area contributed by atoms with Gasteiger partial charge in [-0.1, -0.05) is 36.4 Å². The summed E-state index contributed by atoms with van der Waals surface area (Å²) in [4.78, 5) is 16.9. The van der Waals surface area contributed by atoms with Crippen LogP contribution in [0.15, 0.2) is 54.9 Å². The van der Waals surface area contributed by atoms with E-state index in [1.807, 2.05) is 28.8 Å². The predicted octanol–water partition coefficient (Wildman–Crippen LogP) is 2.78. The molecule has 2 heterocycles. The zero-order valence-corrected chi connectivity index (χ0v) is 14.6. The van der Waals surface area contributed by atoms with Crippen LogP contribution in [0.5, 0.6) is 0 Å². The van der Waals surface area contributed by atoms with Gasteiger partial charge in [0, 0.05) is 12.5 Å². The summed E-state index contributed by atoms with van der Waals surface area (Å²) >= 11 is 0. The van der Waals surface area contributed by atoms with Crippen LogP contribution < -0.4 is 5.32 Å². The van der Waals surface area contributed by atoms with Crippen molar-refractivity contribution in [3.8, 4) is 11.1 Å². The monoisotopic (exact) mass is 349 g/mol. The van der Waals surface area contributed by atoms with Crippen molar-refractivity contribution in [3.63, 3.8) is 0 Å². The van der Waals surface area contributed by atoms with E-state index in [0.717, 1.165) is 41.5 Å². The molecular formula is C21H23N3O2. The second-order valence-corrected chi connectivity index (χ2v) is 6.95. The van der Waals surface area contributed by atoms with E-state index < -0.39 is 6.10 Å². The van der Waals surface area contributed by atoms with Crippen LogP contribution in [-0.2, 0) is 11.3 Å². The smallest absolute Gasteiger partial charge is 0.154 e. The van der Waals surface area contributed by atoms with Crippen molar-refractivity contribution in [2.24, 2.45) is 0 Å². The van der Waals surface area contributed by atoms with E-state index in [-0.39, 0.29) is 18.4 Å². The van der Waals surface area contributed by atoms with Crippen LogP contribution in [0.1, 0.15) is 19.3 Å². The first-order valence-electron chi connectivity index (χ1n) is 9.14. The molecule has 4 rings (SSSR count). The highest BCUT2D eigenvalue weighted by Gasteiger charge is 2.25. The number of carbonyl (C=O) groups excluding carboxylic acids is 1. The minimum absolute atomic E-state index is 0.105. The Bertz CT molecular complexity index is 904. The third kappa shape index (κ3) is 3.54. The van der Waals surface area contributed by atoms with Gasteiger partial charge in [-0.3, -0.25) is 4.79 Å². The molecule has 26 heavy (non-hydrogen) atoms. The first kappa shape index (κ1) is 16.9. The molecule has 0 spiro atoms. The van der Waals surface area contributed by atoms with Gasteiger partial charge in [-0.2, -0.15) is 0 Å². The summed E-state index contributed by atoms with van der Waals surface area (Å²) in [6.45, 7) is 1.14. The second kappa shape index (κ2) is 7.40. The first-order chi connectivity index (χ1) is 12.7. The molecule has 5 heteroatoms. The second-order valence-electron chi connectivity index (χ2n) is 6.95. The number of hydrogen-bond acceptors (Lipinski definition) is 4. The Hall–Kier alpha value is -2.50. The molecule has 2 atom stereocenters. The zero-order chi connectivity index (χ0) is 17.9. The fraction of sp³-hybridized carbons (Fsp3) is 0.333. The van der Waals surface area contributed by atoms with Gasteiger partial charge in [-0.25, -0.2) is 4.98 Å². The molecule has 0 bridgehead atoms. The zero-order valence-electron chi connectivity index (χ0n) is 14.6. The van der Waals surface area contributed by atoms with Gasteiger partial charge < -0.3 is 15.0 Å². The van der Waals surface area contributed by atoms with E-state index in [0.29, 0.717) is 6.42 Å². The van der Waals surface area contributed by atoms with Crippen molar-refractivity contribution in [1.29, 1.82) is 0 Å². The van der Waals surface area contributed by atoms with Crippen molar-refractivity contribution in [2.75, 3.05) is 6.54 Å². The number of Topliss-reactive ketones (excluding diaryl/α,β-unsaturated/α-hetero) is 1. The molecule has 0 saturated carbocycles. The Morgan fingerprint density at radius 3 is 2.85 bits per heavy atom. The Labute approximate surface area is 152 Å². The largest absolute Gasteiger partial charge is 0.391 e. The summed E-state index contributed by atoms with van der Waals surface area (Å²) < 4.78 is 1.90. The third-order valence-corrected chi connectivity index (χ3v) is 5.07. The van der Waals surface area contributed by atoms with Crippen molar-refractivity contribution in [2.45, 2.75) is 38.0 Å². The normalized spacial score (nSPS) is 20.3. The molecule has 1 aliphatic heterocycles. The van der Waals surface area contributed by atoms with Crippen LogP contribution in [0.2, 0.25) is 0 Å². The third-order valence-electron chi connectivity index (χ3n) is 5.07. The van der Waals surface area contributed by atoms with E-state index in [2.05, 4.69) is 34.6 Å². The molecule has 1 saturated heterocycles. The molecule has 5 nitrogen and oxygen atoms in total. The number of rotatable bonds is 5. The minimum Gasteiger partial charge on any atom is -0.391 e. The molecule has 3 aromatic rings. The summed E-state index contributed by atoms with van der Waals surface area (Å²) in [5.41, 5.74) is 4.09. The average Bonchev–Trinajstić information content (AvgIpc) is 3.06. The van der Waals surface area contributed by atoms with Gasteiger partial charge in [-0.15, -0.1) is 0 Å². The molecule has 1 fully saturated rings. The fourth-order valence-corrected chi connectivity index (χ4v) is 3.64. The molecule has 0 unspecified atom stereocenters. The van der Waals surface area contributed by atoms with Gasteiger partial charge in [0.15, 0.2) is 5.78 Å². The lowest BCUT2D eigenvalue weighted by molar-refractivity contribution is -0.121. The van der Waals surface area contributed by atoms with Crippen LogP contribution in [0, 0.1) is 0 Å². The molecule has 134 valence electrons. The number of nitrogens with one attached hydrogen (secondary N) is 1. The minimum atomic E-state index is -0.433. The maximum Gasteiger partial charge on any atom is 0.154 e. The van der Waals surface area contributed by atoms with Gasteiger partial charge in [0.05, 0.1) is 30.0 Å². The maximum absolute atomic E-state index is 12.5. The standard InChI is InChI=1S/C21H23N3O2/c25-17(12-19-21(26)7-4-10-22-19)13-24-14-23-18-9-8-16(11-20(18)24)15-5-2-1-3-6-15/h1-3,5-6,8-9,11,14,19,21-22,26H,4,7,10,12-13H2/t19-,21+/m1/s1. The van der Waals surface area contributed by atoms with Gasteiger partial charge in [-0.05, 0) is 42.6 Å². The molecule has 0 amide bonds. The van der Waals surface area contributed by atoms with E-state index in [4.69, 9.17) is 0 Å². The molecule has 1 aromatic heterocycles. The maximum atomic E-state index is 12.5. The van der Waals surface area contributed by atoms with E-state index in [9.17, 15) is 9.90 Å². The lowest BCUT2D eigenvalue weighted by atomic mass is 9.97. The summed E-state index contributed by atoms with van der Waals surface area (Å²) in [5.74, 6) is 0.105. The number of hydrogen-bond donors (Lipinski definition) is 2. The molecule has 1 aliphatic rings. The quantitative estimate of drug-likeness (QED) is 0.743. The molecule has 2 N–H and O–H groups in total. The Morgan fingerprint density at radius 2 is 2.04 bits per heavy atom. The summed E-state index contributed by atoms with van der Waals surface area (Å²) in [5, 5.41) is 13.3. The number of fused-ring (bicyclic) bond motifs is 1. The van der Waals surface area contributed by atoms with E-state index >= 15 is 0 Å². The van der Waals surface area contributed by atoms with Crippen molar-refractivity contribution in [1.82, 2.24) is 14.9 Å². The van der Waals surface area contributed by atoms with Gasteiger partial charge in [0.2, 0.25) is 0 Å². The number of carbonyl (C=O) groups is 1. The van der Waals surface area contributed by atoms with Gasteiger partial charge in [0.1, 0.15) is 0 Å². The molecular weight excluding hydrogens is 326 g/mol. The van der Waals surface area contributed by atoms with Crippen molar-refractivity contribution >= 4 is 16.8 Å². The number of ketones is 1. The number of aliphatic hydroxyl groups excluding tert-OH is 1. The lowest BCUT2D eigenvalue weighted by Crippen LogP contribution is -2.46.